The van der Waals surface area contributed by atoms with Crippen LogP contribution in [0.1, 0.15) is 10.4 Å². The van der Waals surface area contributed by atoms with E-state index in [0.717, 1.165) is 11.6 Å². The molecule has 0 unspecified atom stereocenters. The van der Waals surface area contributed by atoms with Gasteiger partial charge < -0.3 is 14.4 Å². The van der Waals surface area contributed by atoms with Gasteiger partial charge in [-0.15, -0.1) is 10.2 Å². The molecule has 4 rings (SSSR count). The zero-order valence-electron chi connectivity index (χ0n) is 14.1. The minimum absolute atomic E-state index is 0.0707. The zero-order chi connectivity index (χ0) is 17.9. The predicted octanol–water partition coefficient (Wildman–Crippen LogP) is 2.37. The predicted molar refractivity (Wildman–Crippen MR) is 95.9 cm³/mol. The van der Waals surface area contributed by atoms with Gasteiger partial charge >= 0.3 is 0 Å². The fraction of sp³-hybridized carbons (Fsp3) is 0.211. The summed E-state index contributed by atoms with van der Waals surface area (Å²) >= 11 is 0. The van der Waals surface area contributed by atoms with Crippen LogP contribution in [0.15, 0.2) is 60.9 Å². The van der Waals surface area contributed by atoms with Gasteiger partial charge in [0.15, 0.2) is 11.6 Å². The molecule has 132 valence electrons. The standard InChI is InChI=1S/C19H18FN5O/c20-16-5-3-15(4-6-16)19(26)25-13-11-24(12-14-25)18-8-7-17(21-22-18)23-9-1-2-10-23/h1-10H,11-14H2. The topological polar surface area (TPSA) is 54.3 Å². The summed E-state index contributed by atoms with van der Waals surface area (Å²) in [5, 5.41) is 8.57. The lowest BCUT2D eigenvalue weighted by atomic mass is 10.2. The molecule has 1 aliphatic rings. The average Bonchev–Trinajstić information content (AvgIpc) is 3.23. The Labute approximate surface area is 150 Å². The number of anilines is 1. The van der Waals surface area contributed by atoms with Crippen LogP contribution in [0, 0.1) is 5.82 Å². The maximum Gasteiger partial charge on any atom is 0.253 e. The first-order chi connectivity index (χ1) is 12.7. The number of carbonyl (C=O) groups excluding carboxylic acids is 1. The van der Waals surface area contributed by atoms with Crippen LogP contribution < -0.4 is 4.90 Å². The zero-order valence-corrected chi connectivity index (χ0v) is 14.1. The molecule has 0 atom stereocenters. The largest absolute Gasteiger partial charge is 0.352 e. The molecule has 3 aromatic rings. The second kappa shape index (κ2) is 6.95. The van der Waals surface area contributed by atoms with Gasteiger partial charge in [-0.2, -0.15) is 0 Å². The Bertz CT molecular complexity index is 869. The molecule has 0 saturated carbocycles. The number of hydrogen-bond acceptors (Lipinski definition) is 4. The monoisotopic (exact) mass is 351 g/mol. The van der Waals surface area contributed by atoms with Crippen LogP contribution >= 0.6 is 0 Å². The molecular formula is C19H18FN5O. The summed E-state index contributed by atoms with van der Waals surface area (Å²) in [7, 11) is 0. The van der Waals surface area contributed by atoms with Gasteiger partial charge in [0, 0.05) is 44.1 Å². The number of benzene rings is 1. The first-order valence-corrected chi connectivity index (χ1v) is 8.47. The molecule has 1 aliphatic heterocycles. The Morgan fingerprint density at radius 1 is 0.846 bits per heavy atom. The first kappa shape index (κ1) is 16.3. The third kappa shape index (κ3) is 3.28. The van der Waals surface area contributed by atoms with E-state index in [2.05, 4.69) is 15.1 Å². The normalized spacial score (nSPS) is 14.5. The van der Waals surface area contributed by atoms with E-state index in [9.17, 15) is 9.18 Å². The molecule has 1 amide bonds. The lowest BCUT2D eigenvalue weighted by Crippen LogP contribution is -2.49. The van der Waals surface area contributed by atoms with Gasteiger partial charge in [-0.1, -0.05) is 0 Å². The van der Waals surface area contributed by atoms with E-state index in [1.54, 1.807) is 4.90 Å². The lowest BCUT2D eigenvalue weighted by molar-refractivity contribution is 0.0746. The Morgan fingerprint density at radius 3 is 2.08 bits per heavy atom. The van der Waals surface area contributed by atoms with Gasteiger partial charge in [-0.05, 0) is 48.5 Å². The molecule has 6 nitrogen and oxygen atoms in total. The van der Waals surface area contributed by atoms with E-state index in [1.807, 2.05) is 41.2 Å². The maximum atomic E-state index is 13.0. The highest BCUT2D eigenvalue weighted by Gasteiger charge is 2.23. The van der Waals surface area contributed by atoms with E-state index >= 15 is 0 Å². The minimum atomic E-state index is -0.340. The number of halogens is 1. The number of rotatable bonds is 3. The molecular weight excluding hydrogens is 333 g/mol. The van der Waals surface area contributed by atoms with Crippen LogP contribution in [0.5, 0.6) is 0 Å². The number of amides is 1. The summed E-state index contributed by atoms with van der Waals surface area (Å²) < 4.78 is 14.9. The molecule has 3 heterocycles. The number of piperazine rings is 1. The summed E-state index contributed by atoms with van der Waals surface area (Å²) in [6, 6.07) is 13.4. The quantitative estimate of drug-likeness (QED) is 0.727. The van der Waals surface area contributed by atoms with E-state index in [-0.39, 0.29) is 11.7 Å². The van der Waals surface area contributed by atoms with Crippen molar-refractivity contribution in [1.29, 1.82) is 0 Å². The SMILES string of the molecule is O=C(c1ccc(F)cc1)N1CCN(c2ccc(-n3cccc3)nn2)CC1. The fourth-order valence-electron chi connectivity index (χ4n) is 3.03. The van der Waals surface area contributed by atoms with Crippen molar-refractivity contribution in [1.82, 2.24) is 19.7 Å². The first-order valence-electron chi connectivity index (χ1n) is 8.47. The maximum absolute atomic E-state index is 13.0. The van der Waals surface area contributed by atoms with Gasteiger partial charge in [-0.25, -0.2) is 4.39 Å². The van der Waals surface area contributed by atoms with Crippen molar-refractivity contribution in [3.63, 3.8) is 0 Å². The third-order valence-corrected chi connectivity index (χ3v) is 4.49. The molecule has 1 saturated heterocycles. The van der Waals surface area contributed by atoms with Crippen LogP contribution in [0.25, 0.3) is 5.82 Å². The molecule has 0 radical (unpaired) electrons. The Hall–Kier alpha value is -3.22. The van der Waals surface area contributed by atoms with Crippen molar-refractivity contribution in [2.24, 2.45) is 0 Å². The third-order valence-electron chi connectivity index (χ3n) is 4.49. The van der Waals surface area contributed by atoms with Crippen molar-refractivity contribution >= 4 is 11.7 Å². The fourth-order valence-corrected chi connectivity index (χ4v) is 3.03. The van der Waals surface area contributed by atoms with Crippen molar-refractivity contribution in [3.8, 4) is 5.82 Å². The smallest absolute Gasteiger partial charge is 0.253 e. The molecule has 0 spiro atoms. The van der Waals surface area contributed by atoms with Crippen LogP contribution in [0.2, 0.25) is 0 Å². The van der Waals surface area contributed by atoms with Gasteiger partial charge in [-0.3, -0.25) is 4.79 Å². The highest BCUT2D eigenvalue weighted by Crippen LogP contribution is 2.16. The Kier molecular flexibility index (Phi) is 4.35. The Morgan fingerprint density at radius 2 is 1.46 bits per heavy atom. The summed E-state index contributed by atoms with van der Waals surface area (Å²) in [5.74, 6) is 1.16. The van der Waals surface area contributed by atoms with Gasteiger partial charge in [0.25, 0.3) is 5.91 Å². The number of hydrogen-bond donors (Lipinski definition) is 0. The summed E-state index contributed by atoms with van der Waals surface area (Å²) in [6.45, 7) is 2.56. The van der Waals surface area contributed by atoms with Crippen LogP contribution in [-0.4, -0.2) is 51.8 Å². The van der Waals surface area contributed by atoms with E-state index in [1.165, 1.54) is 24.3 Å². The van der Waals surface area contributed by atoms with Crippen LogP contribution in [0.3, 0.4) is 0 Å². The van der Waals surface area contributed by atoms with Gasteiger partial charge in [0.2, 0.25) is 0 Å². The second-order valence-corrected chi connectivity index (χ2v) is 6.13. The number of carbonyl (C=O) groups is 1. The molecule has 26 heavy (non-hydrogen) atoms. The summed E-state index contributed by atoms with van der Waals surface area (Å²) in [6.07, 6.45) is 3.84. The van der Waals surface area contributed by atoms with Crippen molar-refractivity contribution < 1.29 is 9.18 Å². The second-order valence-electron chi connectivity index (χ2n) is 6.13. The summed E-state index contributed by atoms with van der Waals surface area (Å²) in [4.78, 5) is 16.4. The lowest BCUT2D eigenvalue weighted by Gasteiger charge is -2.35. The number of aromatic nitrogens is 3. The van der Waals surface area contributed by atoms with Crippen LogP contribution in [0.4, 0.5) is 10.2 Å². The average molecular weight is 351 g/mol. The molecule has 7 heteroatoms. The van der Waals surface area contributed by atoms with E-state index < -0.39 is 0 Å². The highest BCUT2D eigenvalue weighted by atomic mass is 19.1. The molecule has 0 aliphatic carbocycles. The molecule has 2 aromatic heterocycles. The minimum Gasteiger partial charge on any atom is -0.352 e. The molecule has 1 fully saturated rings. The van der Waals surface area contributed by atoms with Crippen molar-refractivity contribution in [3.05, 3.63) is 72.3 Å². The molecule has 0 bridgehead atoms. The van der Waals surface area contributed by atoms with Crippen molar-refractivity contribution in [2.75, 3.05) is 31.1 Å². The summed E-state index contributed by atoms with van der Waals surface area (Å²) in [5.41, 5.74) is 0.510. The van der Waals surface area contributed by atoms with E-state index in [4.69, 9.17) is 0 Å². The molecule has 1 aromatic carbocycles. The number of nitrogens with zero attached hydrogens (tertiary/aromatic N) is 5. The molecule has 0 N–H and O–H groups in total. The Balaban J connectivity index is 1.39. The van der Waals surface area contributed by atoms with E-state index in [0.29, 0.717) is 31.7 Å². The van der Waals surface area contributed by atoms with Gasteiger partial charge in [0.1, 0.15) is 5.82 Å². The van der Waals surface area contributed by atoms with Gasteiger partial charge in [0.05, 0.1) is 0 Å². The highest BCUT2D eigenvalue weighted by molar-refractivity contribution is 5.94. The van der Waals surface area contributed by atoms with Crippen LogP contribution in [-0.2, 0) is 0 Å². The van der Waals surface area contributed by atoms with Crippen molar-refractivity contribution in [2.45, 2.75) is 0 Å².